The predicted octanol–water partition coefficient (Wildman–Crippen LogP) is 4.52. The number of phosphoric acid groups is 1. The number of rotatable bonds is 6. The van der Waals surface area contributed by atoms with Crippen LogP contribution in [0.5, 0.6) is 0 Å². The van der Waals surface area contributed by atoms with E-state index < -0.39 is 7.82 Å². The highest BCUT2D eigenvalue weighted by molar-refractivity contribution is 7.48. The summed E-state index contributed by atoms with van der Waals surface area (Å²) in [6, 6.07) is 0. The Hall–Kier alpha value is -0.310. The molecule has 2 aliphatic carbocycles. The molecule has 110 valence electrons. The van der Waals surface area contributed by atoms with Gasteiger partial charge in [0.1, 0.15) is 5.76 Å². The molecule has 0 amide bonds. The van der Waals surface area contributed by atoms with Gasteiger partial charge in [-0.3, -0.25) is 9.05 Å². The molecule has 2 bridgehead atoms. The number of phosphoric ester groups is 1. The van der Waals surface area contributed by atoms with E-state index in [0.29, 0.717) is 19.1 Å². The molecule has 0 saturated heterocycles. The quantitative estimate of drug-likeness (QED) is 0.674. The van der Waals surface area contributed by atoms with E-state index in [2.05, 4.69) is 26.8 Å². The molecule has 2 atom stereocenters. The third kappa shape index (κ3) is 2.28. The molecule has 0 aromatic heterocycles. The lowest BCUT2D eigenvalue weighted by molar-refractivity contribution is 0.0909. The van der Waals surface area contributed by atoms with Crippen LogP contribution in [0.25, 0.3) is 0 Å². The van der Waals surface area contributed by atoms with Crippen LogP contribution in [0.2, 0.25) is 0 Å². The Labute approximate surface area is 116 Å². The first kappa shape index (κ1) is 15.1. The topological polar surface area (TPSA) is 44.8 Å². The van der Waals surface area contributed by atoms with Crippen LogP contribution in [0.3, 0.4) is 0 Å². The lowest BCUT2D eigenvalue weighted by Crippen LogP contribution is -2.30. The minimum absolute atomic E-state index is 0.0679. The Bertz CT molecular complexity index is 419. The summed E-state index contributed by atoms with van der Waals surface area (Å²) in [5, 5.41) is 0. The van der Waals surface area contributed by atoms with Gasteiger partial charge in [-0.05, 0) is 44.1 Å². The minimum Gasteiger partial charge on any atom is -0.408 e. The molecule has 0 aromatic carbocycles. The zero-order chi connectivity index (χ0) is 14.3. The van der Waals surface area contributed by atoms with Crippen LogP contribution in [0.15, 0.2) is 11.8 Å². The smallest absolute Gasteiger partial charge is 0.408 e. The van der Waals surface area contributed by atoms with E-state index in [4.69, 9.17) is 13.6 Å². The van der Waals surface area contributed by atoms with Crippen molar-refractivity contribution in [2.75, 3.05) is 13.2 Å². The highest BCUT2D eigenvalue weighted by Crippen LogP contribution is 2.68. The van der Waals surface area contributed by atoms with E-state index in [-0.39, 0.29) is 10.8 Å². The summed E-state index contributed by atoms with van der Waals surface area (Å²) in [4.78, 5) is 0. The van der Waals surface area contributed by atoms with E-state index in [1.807, 2.05) is 0 Å². The van der Waals surface area contributed by atoms with Crippen molar-refractivity contribution in [2.45, 2.75) is 47.5 Å². The van der Waals surface area contributed by atoms with Gasteiger partial charge in [-0.25, -0.2) is 4.57 Å². The molecule has 0 aromatic rings. The monoisotopic (exact) mass is 288 g/mol. The van der Waals surface area contributed by atoms with Gasteiger partial charge in [-0.15, -0.1) is 0 Å². The van der Waals surface area contributed by atoms with Gasteiger partial charge >= 0.3 is 7.82 Å². The van der Waals surface area contributed by atoms with E-state index in [1.54, 1.807) is 13.8 Å². The maximum Gasteiger partial charge on any atom is 0.529 e. The van der Waals surface area contributed by atoms with Gasteiger partial charge in [0.15, 0.2) is 0 Å². The molecule has 0 heterocycles. The van der Waals surface area contributed by atoms with Crippen LogP contribution >= 0.6 is 7.82 Å². The van der Waals surface area contributed by atoms with Crippen molar-refractivity contribution >= 4 is 7.82 Å². The van der Waals surface area contributed by atoms with Crippen molar-refractivity contribution in [1.82, 2.24) is 0 Å². The van der Waals surface area contributed by atoms with Crippen LogP contribution in [-0.2, 0) is 18.1 Å². The Morgan fingerprint density at radius 3 is 2.21 bits per heavy atom. The highest BCUT2D eigenvalue weighted by Gasteiger charge is 2.59. The molecule has 5 heteroatoms. The summed E-state index contributed by atoms with van der Waals surface area (Å²) >= 11 is 0. The van der Waals surface area contributed by atoms with Crippen LogP contribution in [0.4, 0.5) is 0 Å². The number of hydrogen-bond acceptors (Lipinski definition) is 4. The average Bonchev–Trinajstić information content (AvgIpc) is 2.62. The Morgan fingerprint density at radius 2 is 1.84 bits per heavy atom. The van der Waals surface area contributed by atoms with Gasteiger partial charge in [0, 0.05) is 5.41 Å². The zero-order valence-corrected chi connectivity index (χ0v) is 13.5. The Balaban J connectivity index is 2.21. The van der Waals surface area contributed by atoms with Crippen molar-refractivity contribution in [3.8, 4) is 0 Å². The first-order valence-corrected chi connectivity index (χ1v) is 8.56. The van der Waals surface area contributed by atoms with Gasteiger partial charge in [0.05, 0.1) is 13.2 Å². The number of allylic oxidation sites excluding steroid dienone is 2. The van der Waals surface area contributed by atoms with Crippen molar-refractivity contribution in [3.05, 3.63) is 11.8 Å². The summed E-state index contributed by atoms with van der Waals surface area (Å²) < 4.78 is 28.7. The third-order valence-corrected chi connectivity index (χ3v) is 6.55. The second-order valence-electron chi connectivity index (χ2n) is 6.10. The summed E-state index contributed by atoms with van der Waals surface area (Å²) in [6.07, 6.45) is 4.35. The lowest BCUT2D eigenvalue weighted by Gasteiger charge is -2.37. The maximum absolute atomic E-state index is 12.5. The predicted molar refractivity (Wildman–Crippen MR) is 74.6 cm³/mol. The van der Waals surface area contributed by atoms with Gasteiger partial charge in [0.25, 0.3) is 0 Å². The lowest BCUT2D eigenvalue weighted by atomic mass is 9.70. The molecule has 0 radical (unpaired) electrons. The normalized spacial score (nSPS) is 32.5. The summed E-state index contributed by atoms with van der Waals surface area (Å²) in [7, 11) is -3.47. The van der Waals surface area contributed by atoms with E-state index in [1.165, 1.54) is 6.42 Å². The molecular formula is C14H25O4P. The highest BCUT2D eigenvalue weighted by atomic mass is 31.2. The van der Waals surface area contributed by atoms with Crippen molar-refractivity contribution in [3.63, 3.8) is 0 Å². The summed E-state index contributed by atoms with van der Waals surface area (Å²) in [6.45, 7) is 10.9. The largest absolute Gasteiger partial charge is 0.529 e. The molecule has 0 unspecified atom stereocenters. The minimum atomic E-state index is -3.47. The Kier molecular flexibility index (Phi) is 3.90. The Morgan fingerprint density at radius 1 is 1.26 bits per heavy atom. The molecule has 2 aliphatic rings. The van der Waals surface area contributed by atoms with E-state index in [0.717, 1.165) is 12.2 Å². The fraction of sp³-hybridized carbons (Fsp3) is 0.857. The second kappa shape index (κ2) is 4.91. The molecule has 4 nitrogen and oxygen atoms in total. The first-order chi connectivity index (χ1) is 8.79. The number of hydrogen-bond donors (Lipinski definition) is 0. The van der Waals surface area contributed by atoms with Crippen LogP contribution < -0.4 is 0 Å². The van der Waals surface area contributed by atoms with Crippen LogP contribution in [0.1, 0.15) is 47.5 Å². The SMILES string of the molecule is CCOP(=O)(OCC)OC1=C[C@H]2CC[C@]1(C)C2(C)C. The van der Waals surface area contributed by atoms with E-state index >= 15 is 0 Å². The van der Waals surface area contributed by atoms with Crippen LogP contribution in [-0.4, -0.2) is 13.2 Å². The summed E-state index contributed by atoms with van der Waals surface area (Å²) in [5.41, 5.74) is 0.0765. The zero-order valence-electron chi connectivity index (χ0n) is 12.6. The standard InChI is InChI=1S/C14H25O4P/c1-6-16-19(15,17-7-2)18-12-10-11-8-9-14(12,5)13(11,3)4/h10-11H,6-9H2,1-5H3/t11-,14+/m1/s1. The fourth-order valence-electron chi connectivity index (χ4n) is 3.29. The van der Waals surface area contributed by atoms with Gasteiger partial charge in [-0.1, -0.05) is 20.8 Å². The van der Waals surface area contributed by atoms with Gasteiger partial charge < -0.3 is 4.52 Å². The van der Waals surface area contributed by atoms with E-state index in [9.17, 15) is 4.57 Å². The molecule has 0 N–H and O–H groups in total. The third-order valence-electron chi connectivity index (χ3n) is 4.99. The maximum atomic E-state index is 12.5. The van der Waals surface area contributed by atoms with Crippen molar-refractivity contribution in [1.29, 1.82) is 0 Å². The van der Waals surface area contributed by atoms with Crippen molar-refractivity contribution < 1.29 is 18.1 Å². The molecule has 2 rings (SSSR count). The van der Waals surface area contributed by atoms with Gasteiger partial charge in [-0.2, -0.15) is 0 Å². The fourth-order valence-corrected chi connectivity index (χ4v) is 4.61. The molecule has 1 fully saturated rings. The van der Waals surface area contributed by atoms with Crippen molar-refractivity contribution in [2.24, 2.45) is 16.7 Å². The van der Waals surface area contributed by atoms with Crippen LogP contribution in [0, 0.1) is 16.7 Å². The number of fused-ring (bicyclic) bond motifs is 2. The molecule has 0 spiro atoms. The molecule has 0 aliphatic heterocycles. The molecule has 1 saturated carbocycles. The average molecular weight is 288 g/mol. The molecular weight excluding hydrogens is 263 g/mol. The van der Waals surface area contributed by atoms with Gasteiger partial charge in [0.2, 0.25) is 0 Å². The first-order valence-electron chi connectivity index (χ1n) is 7.10. The molecule has 19 heavy (non-hydrogen) atoms. The second-order valence-corrected chi connectivity index (χ2v) is 7.70. The summed E-state index contributed by atoms with van der Waals surface area (Å²) in [5.74, 6) is 1.28.